The highest BCUT2D eigenvalue weighted by Gasteiger charge is 1.99. The van der Waals surface area contributed by atoms with Gasteiger partial charge in [-0.1, -0.05) is 0 Å². The Hall–Kier alpha value is -1.04. The van der Waals surface area contributed by atoms with Crippen molar-refractivity contribution in [3.8, 4) is 0 Å². The Bertz CT molecular complexity index is 281. The van der Waals surface area contributed by atoms with Crippen LogP contribution in [0.15, 0.2) is 12.3 Å². The van der Waals surface area contributed by atoms with Crippen LogP contribution in [-0.2, 0) is 14.6 Å². The van der Waals surface area contributed by atoms with E-state index in [1.807, 2.05) is 0 Å². The molecule has 0 unspecified atom stereocenters. The molecule has 0 radical (unpaired) electrons. The van der Waals surface area contributed by atoms with Gasteiger partial charge in [-0.3, -0.25) is 0 Å². The fraction of sp³-hybridized carbons (Fsp3) is 0.571. The lowest BCUT2D eigenvalue weighted by atomic mass is 10.5. The molecule has 0 spiro atoms. The van der Waals surface area contributed by atoms with Crippen molar-refractivity contribution in [3.05, 3.63) is 12.3 Å². The van der Waals surface area contributed by atoms with Crippen LogP contribution in [0.4, 0.5) is 0 Å². The molecule has 0 bridgehead atoms. The monoisotopic (exact) mass is 207 g/mol. The number of aliphatic carboxylic acids is 1. The normalized spacial score (nSPS) is 11.8. The first kappa shape index (κ1) is 12.0. The van der Waals surface area contributed by atoms with Gasteiger partial charge in [0.25, 0.3) is 0 Å². The first-order chi connectivity index (χ1) is 5.92. The molecule has 0 saturated heterocycles. The summed E-state index contributed by atoms with van der Waals surface area (Å²) in [6, 6.07) is 0. The van der Waals surface area contributed by atoms with Gasteiger partial charge < -0.3 is 10.4 Å². The molecular weight excluding hydrogens is 194 g/mol. The third kappa shape index (κ3) is 11.0. The second-order valence-electron chi connectivity index (χ2n) is 2.61. The van der Waals surface area contributed by atoms with Crippen molar-refractivity contribution in [3.63, 3.8) is 0 Å². The van der Waals surface area contributed by atoms with E-state index in [0.717, 1.165) is 6.08 Å². The SMILES string of the molecule is CS(=O)(=O)CCCN/C=C/C(=O)O. The third-order valence-electron chi connectivity index (χ3n) is 1.18. The van der Waals surface area contributed by atoms with Gasteiger partial charge in [0, 0.05) is 25.1 Å². The molecule has 0 rings (SSSR count). The number of hydrogen-bond acceptors (Lipinski definition) is 4. The highest BCUT2D eigenvalue weighted by Crippen LogP contribution is 1.86. The first-order valence-corrected chi connectivity index (χ1v) is 5.78. The molecule has 5 nitrogen and oxygen atoms in total. The Morgan fingerprint density at radius 1 is 1.54 bits per heavy atom. The summed E-state index contributed by atoms with van der Waals surface area (Å²) in [6.45, 7) is 0.455. The molecule has 0 aromatic rings. The van der Waals surface area contributed by atoms with Crippen LogP contribution < -0.4 is 5.32 Å². The summed E-state index contributed by atoms with van der Waals surface area (Å²) in [5.41, 5.74) is 0. The van der Waals surface area contributed by atoms with E-state index in [0.29, 0.717) is 13.0 Å². The summed E-state index contributed by atoms with van der Waals surface area (Å²) >= 11 is 0. The maximum absolute atomic E-state index is 10.6. The zero-order valence-electron chi connectivity index (χ0n) is 7.36. The van der Waals surface area contributed by atoms with E-state index in [-0.39, 0.29) is 5.75 Å². The lowest BCUT2D eigenvalue weighted by Gasteiger charge is -1.98. The van der Waals surface area contributed by atoms with E-state index in [1.54, 1.807) is 0 Å². The molecule has 0 atom stereocenters. The lowest BCUT2D eigenvalue weighted by Crippen LogP contribution is -2.13. The van der Waals surface area contributed by atoms with Crippen molar-refractivity contribution in [1.29, 1.82) is 0 Å². The maximum Gasteiger partial charge on any atom is 0.329 e. The van der Waals surface area contributed by atoms with Gasteiger partial charge in [-0.05, 0) is 6.42 Å². The zero-order chi connectivity index (χ0) is 10.3. The molecule has 13 heavy (non-hydrogen) atoms. The minimum Gasteiger partial charge on any atom is -0.478 e. The van der Waals surface area contributed by atoms with Crippen LogP contribution in [-0.4, -0.2) is 38.0 Å². The number of carboxylic acid groups (broad SMARTS) is 1. The van der Waals surface area contributed by atoms with Crippen molar-refractivity contribution in [1.82, 2.24) is 5.32 Å². The van der Waals surface area contributed by atoms with E-state index in [1.165, 1.54) is 12.5 Å². The smallest absolute Gasteiger partial charge is 0.329 e. The largest absolute Gasteiger partial charge is 0.478 e. The zero-order valence-corrected chi connectivity index (χ0v) is 8.17. The summed E-state index contributed by atoms with van der Waals surface area (Å²) in [5, 5.41) is 10.8. The topological polar surface area (TPSA) is 83.5 Å². The quantitative estimate of drug-likeness (QED) is 0.458. The molecule has 0 saturated carbocycles. The fourth-order valence-corrected chi connectivity index (χ4v) is 1.32. The molecule has 0 amide bonds. The van der Waals surface area contributed by atoms with Gasteiger partial charge in [0.1, 0.15) is 9.84 Å². The summed E-state index contributed by atoms with van der Waals surface area (Å²) in [6.07, 6.45) is 3.88. The minimum atomic E-state index is -2.91. The average molecular weight is 207 g/mol. The molecule has 0 aliphatic rings. The summed E-state index contributed by atoms with van der Waals surface area (Å²) in [4.78, 5) is 9.97. The van der Waals surface area contributed by atoms with E-state index < -0.39 is 15.8 Å². The summed E-state index contributed by atoms with van der Waals surface area (Å²) in [7, 11) is -2.91. The van der Waals surface area contributed by atoms with Crippen molar-refractivity contribution in [2.24, 2.45) is 0 Å². The highest BCUT2D eigenvalue weighted by molar-refractivity contribution is 7.90. The van der Waals surface area contributed by atoms with Gasteiger partial charge in [0.2, 0.25) is 0 Å². The van der Waals surface area contributed by atoms with Crippen LogP contribution in [0.5, 0.6) is 0 Å². The Morgan fingerprint density at radius 2 is 2.15 bits per heavy atom. The van der Waals surface area contributed by atoms with Crippen LogP contribution >= 0.6 is 0 Å². The molecule has 6 heteroatoms. The molecular formula is C7H13NO4S. The predicted octanol–water partition coefficient (Wildman–Crippen LogP) is -0.391. The molecule has 0 aliphatic heterocycles. The van der Waals surface area contributed by atoms with E-state index >= 15 is 0 Å². The van der Waals surface area contributed by atoms with Crippen LogP contribution in [0.25, 0.3) is 0 Å². The number of sulfone groups is 1. The lowest BCUT2D eigenvalue weighted by molar-refractivity contribution is -0.131. The van der Waals surface area contributed by atoms with Crippen molar-refractivity contribution < 1.29 is 18.3 Å². The van der Waals surface area contributed by atoms with E-state index in [2.05, 4.69) is 5.32 Å². The van der Waals surface area contributed by atoms with Crippen molar-refractivity contribution in [2.45, 2.75) is 6.42 Å². The van der Waals surface area contributed by atoms with Gasteiger partial charge in [0.05, 0.1) is 5.75 Å². The van der Waals surface area contributed by atoms with E-state index in [4.69, 9.17) is 5.11 Å². The van der Waals surface area contributed by atoms with Crippen LogP contribution in [0.2, 0.25) is 0 Å². The van der Waals surface area contributed by atoms with Gasteiger partial charge in [-0.25, -0.2) is 13.2 Å². The number of nitrogens with one attached hydrogen (secondary N) is 1. The standard InChI is InChI=1S/C7H13NO4S/c1-13(11,12)6-2-4-8-5-3-7(9)10/h3,5,8H,2,4,6H2,1H3,(H,9,10)/b5-3+. The Morgan fingerprint density at radius 3 is 2.62 bits per heavy atom. The number of carbonyl (C=O) groups is 1. The minimum absolute atomic E-state index is 0.112. The van der Waals surface area contributed by atoms with Crippen LogP contribution in [0.3, 0.4) is 0 Å². The predicted molar refractivity (Wildman–Crippen MR) is 49.1 cm³/mol. The molecule has 0 aromatic carbocycles. The summed E-state index contributed by atoms with van der Waals surface area (Å²) < 4.78 is 21.3. The second kappa shape index (κ2) is 5.58. The third-order valence-corrected chi connectivity index (χ3v) is 2.21. The first-order valence-electron chi connectivity index (χ1n) is 3.72. The van der Waals surface area contributed by atoms with E-state index in [9.17, 15) is 13.2 Å². The molecule has 0 aromatic heterocycles. The Kier molecular flexibility index (Phi) is 5.13. The van der Waals surface area contributed by atoms with Gasteiger partial charge >= 0.3 is 5.97 Å². The molecule has 0 aliphatic carbocycles. The highest BCUT2D eigenvalue weighted by atomic mass is 32.2. The Labute approximate surface area is 77.4 Å². The van der Waals surface area contributed by atoms with Crippen molar-refractivity contribution in [2.75, 3.05) is 18.6 Å². The molecule has 0 fully saturated rings. The molecule has 0 heterocycles. The Balaban J connectivity index is 3.43. The second-order valence-corrected chi connectivity index (χ2v) is 4.87. The fourth-order valence-electron chi connectivity index (χ4n) is 0.650. The van der Waals surface area contributed by atoms with Crippen molar-refractivity contribution >= 4 is 15.8 Å². The van der Waals surface area contributed by atoms with Crippen LogP contribution in [0.1, 0.15) is 6.42 Å². The van der Waals surface area contributed by atoms with Gasteiger partial charge in [-0.2, -0.15) is 0 Å². The number of hydrogen-bond donors (Lipinski definition) is 2. The van der Waals surface area contributed by atoms with Gasteiger partial charge in [-0.15, -0.1) is 0 Å². The molecule has 2 N–H and O–H groups in total. The van der Waals surface area contributed by atoms with Crippen LogP contribution in [0, 0.1) is 0 Å². The number of carboxylic acids is 1. The molecule has 76 valence electrons. The maximum atomic E-state index is 10.6. The number of rotatable bonds is 6. The average Bonchev–Trinajstić information content (AvgIpc) is 1.93. The van der Waals surface area contributed by atoms with Gasteiger partial charge in [0.15, 0.2) is 0 Å². The summed E-state index contributed by atoms with van der Waals surface area (Å²) in [5.74, 6) is -0.920.